The summed E-state index contributed by atoms with van der Waals surface area (Å²) in [6.07, 6.45) is 1.92. The minimum atomic E-state index is -0.422. The lowest BCUT2D eigenvalue weighted by Crippen LogP contribution is -2.15. The minimum Gasteiger partial charge on any atom is -0.408 e. The van der Waals surface area contributed by atoms with E-state index in [9.17, 15) is 10.1 Å². The van der Waals surface area contributed by atoms with Crippen molar-refractivity contribution in [2.75, 3.05) is 0 Å². The molecule has 2 rings (SSSR count). The van der Waals surface area contributed by atoms with Crippen LogP contribution in [0.2, 0.25) is 0 Å². The van der Waals surface area contributed by atoms with Crippen molar-refractivity contribution < 1.29 is 9.76 Å². The van der Waals surface area contributed by atoms with Gasteiger partial charge in [0.2, 0.25) is 0 Å². The smallest absolute Gasteiger partial charge is 0.269 e. The highest BCUT2D eigenvalue weighted by molar-refractivity contribution is 5.62. The van der Waals surface area contributed by atoms with Crippen molar-refractivity contribution in [1.82, 2.24) is 5.48 Å². The van der Waals surface area contributed by atoms with E-state index < -0.39 is 4.92 Å². The van der Waals surface area contributed by atoms with Gasteiger partial charge in [-0.2, -0.15) is 0 Å². The molecule has 0 radical (unpaired) electrons. The first-order valence-corrected chi connectivity index (χ1v) is 4.56. The van der Waals surface area contributed by atoms with E-state index in [-0.39, 0.29) is 11.7 Å². The molecular formula is C10H10N2O3. The van der Waals surface area contributed by atoms with E-state index in [0.29, 0.717) is 5.76 Å². The third-order valence-corrected chi connectivity index (χ3v) is 2.12. The molecule has 5 heteroatoms. The number of hydrogen-bond acceptors (Lipinski definition) is 4. The molecule has 1 aromatic carbocycles. The Kier molecular flexibility index (Phi) is 2.39. The second-order valence-electron chi connectivity index (χ2n) is 3.34. The van der Waals surface area contributed by atoms with E-state index in [0.717, 1.165) is 5.56 Å². The summed E-state index contributed by atoms with van der Waals surface area (Å²) in [5.74, 6) is 0.706. The van der Waals surface area contributed by atoms with Crippen LogP contribution < -0.4 is 5.48 Å². The molecule has 1 aliphatic heterocycles. The van der Waals surface area contributed by atoms with Gasteiger partial charge < -0.3 is 4.84 Å². The molecule has 0 fully saturated rings. The van der Waals surface area contributed by atoms with Gasteiger partial charge in [0, 0.05) is 17.7 Å². The van der Waals surface area contributed by atoms with Crippen molar-refractivity contribution in [1.29, 1.82) is 0 Å². The van der Waals surface area contributed by atoms with Crippen LogP contribution in [-0.4, -0.2) is 11.0 Å². The molecule has 1 N–H and O–H groups in total. The van der Waals surface area contributed by atoms with Crippen molar-refractivity contribution in [3.63, 3.8) is 0 Å². The van der Waals surface area contributed by atoms with Crippen LogP contribution in [0.3, 0.4) is 0 Å². The van der Waals surface area contributed by atoms with Crippen molar-refractivity contribution in [2.24, 2.45) is 0 Å². The SMILES string of the molecule is CC1C=C(c2ccc([N+](=O)[O-])cc2)ON1. The van der Waals surface area contributed by atoms with E-state index in [1.807, 2.05) is 13.0 Å². The van der Waals surface area contributed by atoms with E-state index in [2.05, 4.69) is 5.48 Å². The van der Waals surface area contributed by atoms with Gasteiger partial charge in [0.1, 0.15) is 0 Å². The maximum Gasteiger partial charge on any atom is 0.269 e. The van der Waals surface area contributed by atoms with Gasteiger partial charge in [0.05, 0.1) is 11.0 Å². The Balaban J connectivity index is 2.24. The Hall–Kier alpha value is -1.88. The lowest BCUT2D eigenvalue weighted by molar-refractivity contribution is -0.384. The number of nitro benzene ring substituents is 1. The molecule has 0 saturated carbocycles. The van der Waals surface area contributed by atoms with Crippen LogP contribution in [0, 0.1) is 10.1 Å². The summed E-state index contributed by atoms with van der Waals surface area (Å²) in [4.78, 5) is 15.2. The second kappa shape index (κ2) is 3.70. The third kappa shape index (κ3) is 1.97. The van der Waals surface area contributed by atoms with Crippen molar-refractivity contribution in [2.45, 2.75) is 13.0 Å². The summed E-state index contributed by atoms with van der Waals surface area (Å²) in [6.45, 7) is 1.96. The van der Waals surface area contributed by atoms with Gasteiger partial charge in [-0.1, -0.05) is 0 Å². The molecule has 0 amide bonds. The van der Waals surface area contributed by atoms with Gasteiger partial charge in [-0.15, -0.1) is 5.48 Å². The first kappa shape index (κ1) is 9.67. The van der Waals surface area contributed by atoms with E-state index >= 15 is 0 Å². The Morgan fingerprint density at radius 3 is 2.53 bits per heavy atom. The lowest BCUT2D eigenvalue weighted by Gasteiger charge is -2.02. The Morgan fingerprint density at radius 1 is 1.40 bits per heavy atom. The summed E-state index contributed by atoms with van der Waals surface area (Å²) in [5, 5.41) is 10.4. The first-order valence-electron chi connectivity index (χ1n) is 4.56. The van der Waals surface area contributed by atoms with E-state index in [1.165, 1.54) is 12.1 Å². The predicted octanol–water partition coefficient (Wildman–Crippen LogP) is 1.86. The van der Waals surface area contributed by atoms with Crippen LogP contribution in [0.5, 0.6) is 0 Å². The summed E-state index contributed by atoms with van der Waals surface area (Å²) in [5.41, 5.74) is 3.69. The second-order valence-corrected chi connectivity index (χ2v) is 3.34. The zero-order valence-electron chi connectivity index (χ0n) is 8.14. The summed E-state index contributed by atoms with van der Waals surface area (Å²) >= 11 is 0. The van der Waals surface area contributed by atoms with Crippen molar-refractivity contribution in [3.8, 4) is 0 Å². The standard InChI is InChI=1S/C10H10N2O3/c1-7-6-10(15-11-7)8-2-4-9(5-3-8)12(13)14/h2-7,11H,1H3. The highest BCUT2D eigenvalue weighted by Gasteiger charge is 2.14. The fourth-order valence-corrected chi connectivity index (χ4v) is 1.35. The molecule has 1 heterocycles. The molecule has 1 aliphatic rings. The summed E-state index contributed by atoms with van der Waals surface area (Å²) in [6, 6.07) is 6.42. The highest BCUT2D eigenvalue weighted by Crippen LogP contribution is 2.22. The average Bonchev–Trinajstić information content (AvgIpc) is 2.65. The number of benzene rings is 1. The molecule has 1 aromatic rings. The number of nitro groups is 1. The number of nitrogens with zero attached hydrogens (tertiary/aromatic N) is 1. The third-order valence-electron chi connectivity index (χ3n) is 2.12. The van der Waals surface area contributed by atoms with Crippen LogP contribution in [-0.2, 0) is 4.84 Å². The van der Waals surface area contributed by atoms with E-state index in [4.69, 9.17) is 4.84 Å². The van der Waals surface area contributed by atoms with Crippen LogP contribution >= 0.6 is 0 Å². The molecule has 0 aliphatic carbocycles. The normalized spacial score (nSPS) is 19.5. The fraction of sp³-hybridized carbons (Fsp3) is 0.200. The largest absolute Gasteiger partial charge is 0.408 e. The van der Waals surface area contributed by atoms with Crippen molar-refractivity contribution >= 4 is 11.4 Å². The number of nitrogens with one attached hydrogen (secondary N) is 1. The van der Waals surface area contributed by atoms with Crippen LogP contribution in [0.4, 0.5) is 5.69 Å². The topological polar surface area (TPSA) is 64.4 Å². The molecule has 5 nitrogen and oxygen atoms in total. The number of hydroxylamine groups is 1. The molecule has 1 unspecified atom stereocenters. The quantitative estimate of drug-likeness (QED) is 0.592. The zero-order chi connectivity index (χ0) is 10.8. The zero-order valence-corrected chi connectivity index (χ0v) is 8.14. The summed E-state index contributed by atoms with van der Waals surface area (Å²) < 4.78 is 0. The fourth-order valence-electron chi connectivity index (χ4n) is 1.35. The van der Waals surface area contributed by atoms with Crippen LogP contribution in [0.15, 0.2) is 30.3 Å². The van der Waals surface area contributed by atoms with Gasteiger partial charge in [-0.3, -0.25) is 10.1 Å². The van der Waals surface area contributed by atoms with Gasteiger partial charge in [-0.25, -0.2) is 0 Å². The monoisotopic (exact) mass is 206 g/mol. The Labute approximate surface area is 86.5 Å². The molecular weight excluding hydrogens is 196 g/mol. The Morgan fingerprint density at radius 2 is 2.07 bits per heavy atom. The first-order chi connectivity index (χ1) is 7.16. The predicted molar refractivity (Wildman–Crippen MR) is 54.8 cm³/mol. The van der Waals surface area contributed by atoms with Crippen molar-refractivity contribution in [3.05, 3.63) is 46.0 Å². The van der Waals surface area contributed by atoms with Crippen LogP contribution in [0.1, 0.15) is 12.5 Å². The van der Waals surface area contributed by atoms with Crippen LogP contribution in [0.25, 0.3) is 5.76 Å². The number of rotatable bonds is 2. The van der Waals surface area contributed by atoms with Gasteiger partial charge in [0.25, 0.3) is 5.69 Å². The maximum absolute atomic E-state index is 10.4. The summed E-state index contributed by atoms with van der Waals surface area (Å²) in [7, 11) is 0. The maximum atomic E-state index is 10.4. The molecule has 78 valence electrons. The van der Waals surface area contributed by atoms with Gasteiger partial charge >= 0.3 is 0 Å². The number of hydrogen-bond donors (Lipinski definition) is 1. The average molecular weight is 206 g/mol. The lowest BCUT2D eigenvalue weighted by atomic mass is 10.1. The number of non-ortho nitro benzene ring substituents is 1. The molecule has 1 atom stereocenters. The van der Waals surface area contributed by atoms with Gasteiger partial charge in [-0.05, 0) is 25.1 Å². The minimum absolute atomic E-state index is 0.0818. The molecule has 0 bridgehead atoms. The molecule has 0 aromatic heterocycles. The van der Waals surface area contributed by atoms with Gasteiger partial charge in [0.15, 0.2) is 5.76 Å². The molecule has 0 saturated heterocycles. The Bertz CT molecular complexity index is 411. The highest BCUT2D eigenvalue weighted by atomic mass is 16.7. The molecule has 15 heavy (non-hydrogen) atoms. The molecule has 0 spiro atoms. The van der Waals surface area contributed by atoms with E-state index in [1.54, 1.807) is 12.1 Å².